The van der Waals surface area contributed by atoms with Crippen LogP contribution in [-0.4, -0.2) is 27.0 Å². The van der Waals surface area contributed by atoms with Crippen molar-refractivity contribution in [2.24, 2.45) is 0 Å². The molecule has 0 N–H and O–H groups in total. The molecule has 128 valence electrons. The predicted octanol–water partition coefficient (Wildman–Crippen LogP) is 3.44. The maximum absolute atomic E-state index is 13.0. The molecule has 0 spiro atoms. The van der Waals surface area contributed by atoms with E-state index in [1.807, 2.05) is 6.07 Å². The number of halogens is 1. The Morgan fingerprint density at radius 2 is 1.79 bits per heavy atom. The zero-order valence-electron chi connectivity index (χ0n) is 13.3. The first-order chi connectivity index (χ1) is 11.3. The van der Waals surface area contributed by atoms with Gasteiger partial charge < -0.3 is 4.74 Å². The third-order valence-electron chi connectivity index (χ3n) is 3.07. The van der Waals surface area contributed by atoms with Crippen LogP contribution in [0.15, 0.2) is 59.5 Å². The van der Waals surface area contributed by atoms with Crippen LogP contribution in [0.2, 0.25) is 0 Å². The van der Waals surface area contributed by atoms with Gasteiger partial charge in [-0.2, -0.15) is 0 Å². The Balaban J connectivity index is 2.45. The maximum atomic E-state index is 13.0. The Kier molecular flexibility index (Phi) is 6.22. The Bertz CT molecular complexity index is 806. The summed E-state index contributed by atoms with van der Waals surface area (Å²) in [5, 5.41) is 0. The van der Waals surface area contributed by atoms with E-state index in [1.165, 1.54) is 12.1 Å². The minimum atomic E-state index is -3.87. The largest absolute Gasteiger partial charge is 0.462 e. The number of ether oxygens (including phenoxy) is 1. The van der Waals surface area contributed by atoms with Crippen molar-refractivity contribution in [3.8, 4) is 0 Å². The first-order valence-electron chi connectivity index (χ1n) is 7.33. The predicted molar refractivity (Wildman–Crippen MR) is 101 cm³/mol. The molecule has 0 heterocycles. The summed E-state index contributed by atoms with van der Waals surface area (Å²) < 4.78 is 33.0. The molecule has 0 amide bonds. The molecule has 0 aliphatic heterocycles. The van der Waals surface area contributed by atoms with Crippen LogP contribution in [0.5, 0.6) is 0 Å². The van der Waals surface area contributed by atoms with E-state index in [1.54, 1.807) is 50.2 Å². The second kappa shape index (κ2) is 7.98. The highest BCUT2D eigenvalue weighted by Crippen LogP contribution is 2.25. The molecule has 0 unspecified atom stereocenters. The van der Waals surface area contributed by atoms with Crippen LogP contribution < -0.4 is 4.31 Å². The number of carbonyl (C=O) groups excluding carboxylic acids is 1. The minimum Gasteiger partial charge on any atom is -0.462 e. The standard InChI is InChI=1S/C17H18INO4S/c1-13(2)23-17(20)12-19(15-8-6-7-14(18)11-15)24(21,22)16-9-4-3-5-10-16/h3-11,13H,12H2,1-2H3. The number of anilines is 1. The molecule has 0 aliphatic rings. The molecule has 2 aromatic carbocycles. The number of rotatable bonds is 6. The summed E-state index contributed by atoms with van der Waals surface area (Å²) in [6.45, 7) is 3.06. The van der Waals surface area contributed by atoms with Crippen molar-refractivity contribution < 1.29 is 17.9 Å². The Morgan fingerprint density at radius 3 is 2.38 bits per heavy atom. The molecule has 0 atom stereocenters. The van der Waals surface area contributed by atoms with Crippen LogP contribution in [-0.2, 0) is 19.6 Å². The SMILES string of the molecule is CC(C)OC(=O)CN(c1cccc(I)c1)S(=O)(=O)c1ccccc1. The first kappa shape index (κ1) is 18.7. The molecule has 0 aliphatic carbocycles. The van der Waals surface area contributed by atoms with Gasteiger partial charge in [-0.1, -0.05) is 24.3 Å². The van der Waals surface area contributed by atoms with Gasteiger partial charge in [0.15, 0.2) is 0 Å². The topological polar surface area (TPSA) is 63.7 Å². The van der Waals surface area contributed by atoms with E-state index >= 15 is 0 Å². The fourth-order valence-corrected chi connectivity index (χ4v) is 4.03. The molecule has 2 aromatic rings. The molecule has 0 saturated heterocycles. The van der Waals surface area contributed by atoms with E-state index in [0.717, 1.165) is 7.88 Å². The Morgan fingerprint density at radius 1 is 1.12 bits per heavy atom. The van der Waals surface area contributed by atoms with Crippen LogP contribution in [0, 0.1) is 3.57 Å². The van der Waals surface area contributed by atoms with E-state index in [-0.39, 0.29) is 17.5 Å². The lowest BCUT2D eigenvalue weighted by atomic mass is 10.3. The highest BCUT2D eigenvalue weighted by atomic mass is 127. The maximum Gasteiger partial charge on any atom is 0.327 e. The molecular formula is C17H18INO4S. The van der Waals surface area contributed by atoms with Gasteiger partial charge in [0.1, 0.15) is 6.54 Å². The van der Waals surface area contributed by atoms with Crippen molar-refractivity contribution in [1.82, 2.24) is 0 Å². The molecule has 2 rings (SSSR count). The minimum absolute atomic E-state index is 0.126. The van der Waals surface area contributed by atoms with Gasteiger partial charge in [-0.05, 0) is 66.8 Å². The monoisotopic (exact) mass is 459 g/mol. The van der Waals surface area contributed by atoms with Gasteiger partial charge in [-0.15, -0.1) is 0 Å². The van der Waals surface area contributed by atoms with Gasteiger partial charge in [-0.25, -0.2) is 8.42 Å². The van der Waals surface area contributed by atoms with Crippen molar-refractivity contribution in [2.45, 2.75) is 24.8 Å². The summed E-state index contributed by atoms with van der Waals surface area (Å²) in [4.78, 5) is 12.2. The fourth-order valence-electron chi connectivity index (χ4n) is 2.08. The number of hydrogen-bond acceptors (Lipinski definition) is 4. The third-order valence-corrected chi connectivity index (χ3v) is 5.53. The molecule has 0 fully saturated rings. The van der Waals surface area contributed by atoms with Crippen molar-refractivity contribution in [3.63, 3.8) is 0 Å². The summed E-state index contributed by atoms with van der Waals surface area (Å²) >= 11 is 2.10. The quantitative estimate of drug-likeness (QED) is 0.491. The third kappa shape index (κ3) is 4.70. The van der Waals surface area contributed by atoms with Gasteiger partial charge in [0.25, 0.3) is 10.0 Å². The lowest BCUT2D eigenvalue weighted by Crippen LogP contribution is -2.37. The zero-order valence-corrected chi connectivity index (χ0v) is 16.3. The van der Waals surface area contributed by atoms with E-state index in [4.69, 9.17) is 4.74 Å². The highest BCUT2D eigenvalue weighted by molar-refractivity contribution is 14.1. The van der Waals surface area contributed by atoms with Gasteiger partial charge in [0.2, 0.25) is 0 Å². The Labute approximate surface area is 155 Å². The molecule has 0 radical (unpaired) electrons. The molecule has 0 saturated carbocycles. The fraction of sp³-hybridized carbons (Fsp3) is 0.235. The average Bonchev–Trinajstić information content (AvgIpc) is 2.52. The number of nitrogens with zero attached hydrogens (tertiary/aromatic N) is 1. The van der Waals surface area contributed by atoms with Gasteiger partial charge in [0.05, 0.1) is 16.7 Å². The molecule has 7 heteroatoms. The average molecular weight is 459 g/mol. The van der Waals surface area contributed by atoms with Crippen molar-refractivity contribution >= 4 is 44.3 Å². The van der Waals surface area contributed by atoms with Crippen molar-refractivity contribution in [1.29, 1.82) is 0 Å². The van der Waals surface area contributed by atoms with Crippen molar-refractivity contribution in [2.75, 3.05) is 10.8 Å². The molecular weight excluding hydrogens is 441 g/mol. The number of benzene rings is 2. The molecule has 0 aromatic heterocycles. The highest BCUT2D eigenvalue weighted by Gasteiger charge is 2.28. The Hall–Kier alpha value is -1.61. The summed E-state index contributed by atoms with van der Waals surface area (Å²) in [5.74, 6) is -0.594. The number of hydrogen-bond donors (Lipinski definition) is 0. The second-order valence-corrected chi connectivity index (χ2v) is 8.45. The van der Waals surface area contributed by atoms with E-state index < -0.39 is 16.0 Å². The second-order valence-electron chi connectivity index (χ2n) is 5.34. The lowest BCUT2D eigenvalue weighted by molar-refractivity contribution is -0.145. The summed E-state index contributed by atoms with van der Waals surface area (Å²) in [5.41, 5.74) is 0.423. The summed E-state index contributed by atoms with van der Waals surface area (Å²) in [6, 6.07) is 15.0. The van der Waals surface area contributed by atoms with Gasteiger partial charge in [-0.3, -0.25) is 9.10 Å². The molecule has 5 nitrogen and oxygen atoms in total. The molecule has 24 heavy (non-hydrogen) atoms. The number of esters is 1. The summed E-state index contributed by atoms with van der Waals surface area (Å²) in [7, 11) is -3.87. The molecule has 0 bridgehead atoms. The van der Waals surface area contributed by atoms with Crippen LogP contribution in [0.4, 0.5) is 5.69 Å². The van der Waals surface area contributed by atoms with Crippen molar-refractivity contribution in [3.05, 3.63) is 58.2 Å². The number of carbonyl (C=O) groups is 1. The smallest absolute Gasteiger partial charge is 0.327 e. The van der Waals surface area contributed by atoms with Gasteiger partial charge >= 0.3 is 5.97 Å². The van der Waals surface area contributed by atoms with E-state index in [0.29, 0.717) is 5.69 Å². The van der Waals surface area contributed by atoms with Crippen LogP contribution in [0.3, 0.4) is 0 Å². The van der Waals surface area contributed by atoms with E-state index in [9.17, 15) is 13.2 Å². The van der Waals surface area contributed by atoms with Gasteiger partial charge in [0, 0.05) is 3.57 Å². The first-order valence-corrected chi connectivity index (χ1v) is 9.85. The normalized spacial score (nSPS) is 11.3. The van der Waals surface area contributed by atoms with Crippen LogP contribution in [0.1, 0.15) is 13.8 Å². The van der Waals surface area contributed by atoms with Crippen LogP contribution in [0.25, 0.3) is 0 Å². The number of sulfonamides is 1. The van der Waals surface area contributed by atoms with Crippen LogP contribution >= 0.6 is 22.6 Å². The van der Waals surface area contributed by atoms with E-state index in [2.05, 4.69) is 22.6 Å². The zero-order chi connectivity index (χ0) is 17.7. The lowest BCUT2D eigenvalue weighted by Gasteiger charge is -2.24. The summed E-state index contributed by atoms with van der Waals surface area (Å²) in [6.07, 6.45) is -0.310.